The molecular weight excluding hydrogens is 403 g/mol. The number of carbonyl (C=O) groups is 1. The van der Waals surface area contributed by atoms with E-state index in [-0.39, 0.29) is 18.0 Å². The van der Waals surface area contributed by atoms with E-state index in [1.54, 1.807) is 29.6 Å². The number of aryl methyl sites for hydroxylation is 1. The molecule has 4 heterocycles. The van der Waals surface area contributed by atoms with Gasteiger partial charge in [0.25, 0.3) is 5.56 Å². The summed E-state index contributed by atoms with van der Waals surface area (Å²) in [6.07, 6.45) is 0. The molecule has 1 aromatic carbocycles. The van der Waals surface area contributed by atoms with Crippen molar-refractivity contribution in [3.63, 3.8) is 0 Å². The van der Waals surface area contributed by atoms with E-state index in [2.05, 4.69) is 10.2 Å². The lowest BCUT2D eigenvalue weighted by atomic mass is 10.2. The quantitative estimate of drug-likeness (QED) is 0.423. The highest BCUT2D eigenvalue weighted by Gasteiger charge is 2.18. The zero-order chi connectivity index (χ0) is 19.4. The lowest BCUT2D eigenvalue weighted by Crippen LogP contribution is -2.19. The van der Waals surface area contributed by atoms with Crippen molar-refractivity contribution in [2.45, 2.75) is 6.61 Å². The van der Waals surface area contributed by atoms with Gasteiger partial charge in [0, 0.05) is 17.1 Å². The maximum Gasteiger partial charge on any atom is 0.348 e. The van der Waals surface area contributed by atoms with Crippen molar-refractivity contribution in [1.29, 1.82) is 0 Å². The Morgan fingerprint density at radius 1 is 1.29 bits per heavy atom. The van der Waals surface area contributed by atoms with Gasteiger partial charge in [-0.05, 0) is 29.6 Å². The molecule has 0 saturated carbocycles. The van der Waals surface area contributed by atoms with Crippen LogP contribution < -0.4 is 5.56 Å². The van der Waals surface area contributed by atoms with Crippen LogP contribution in [0.15, 0.2) is 40.5 Å². The number of benzene rings is 1. The third kappa shape index (κ3) is 2.45. The predicted molar refractivity (Wildman–Crippen MR) is 105 cm³/mol. The lowest BCUT2D eigenvalue weighted by Gasteiger charge is -2.05. The zero-order valence-corrected chi connectivity index (χ0v) is 16.0. The molecule has 0 aliphatic rings. The van der Waals surface area contributed by atoms with Crippen LogP contribution >= 0.6 is 22.7 Å². The molecular formula is C18H11FN4O3S2. The second kappa shape index (κ2) is 6.21. The van der Waals surface area contributed by atoms with Crippen molar-refractivity contribution >= 4 is 54.7 Å². The molecule has 0 spiro atoms. The number of hydrogen-bond donors (Lipinski definition) is 0. The number of hydrogen-bond acceptors (Lipinski definition) is 7. The molecule has 5 aromatic rings. The van der Waals surface area contributed by atoms with Gasteiger partial charge < -0.3 is 4.74 Å². The molecule has 5 rings (SSSR count). The van der Waals surface area contributed by atoms with Gasteiger partial charge in [-0.2, -0.15) is 0 Å². The second-order valence-electron chi connectivity index (χ2n) is 6.09. The smallest absolute Gasteiger partial charge is 0.348 e. The summed E-state index contributed by atoms with van der Waals surface area (Å²) in [5.41, 5.74) is 0.517. The molecule has 0 bridgehead atoms. The summed E-state index contributed by atoms with van der Waals surface area (Å²) >= 11 is 2.50. The number of thiophene rings is 2. The van der Waals surface area contributed by atoms with Gasteiger partial charge in [-0.15, -0.1) is 32.9 Å². The molecule has 0 aliphatic carbocycles. The number of carbonyl (C=O) groups excluding carboxylic acids is 1. The predicted octanol–water partition coefficient (Wildman–Crippen LogP) is 3.35. The first-order valence-electron chi connectivity index (χ1n) is 8.20. The van der Waals surface area contributed by atoms with Gasteiger partial charge in [0.15, 0.2) is 12.4 Å². The molecule has 7 nitrogen and oxygen atoms in total. The topological polar surface area (TPSA) is 78.5 Å². The van der Waals surface area contributed by atoms with E-state index in [0.717, 1.165) is 0 Å². The van der Waals surface area contributed by atoms with E-state index in [9.17, 15) is 14.0 Å². The Bertz CT molecular complexity index is 1450. The van der Waals surface area contributed by atoms with Crippen molar-refractivity contribution in [2.75, 3.05) is 0 Å². The van der Waals surface area contributed by atoms with Crippen LogP contribution in [0.4, 0.5) is 4.39 Å². The second-order valence-corrected chi connectivity index (χ2v) is 8.09. The Morgan fingerprint density at radius 2 is 2.14 bits per heavy atom. The number of aromatic nitrogens is 4. The van der Waals surface area contributed by atoms with E-state index in [1.807, 2.05) is 5.38 Å². The average molecular weight is 414 g/mol. The first kappa shape index (κ1) is 17.0. The summed E-state index contributed by atoms with van der Waals surface area (Å²) in [5.74, 6) is -0.179. The van der Waals surface area contributed by atoms with Gasteiger partial charge >= 0.3 is 5.97 Å². The molecule has 0 unspecified atom stereocenters. The van der Waals surface area contributed by atoms with E-state index >= 15 is 0 Å². The van der Waals surface area contributed by atoms with E-state index in [1.165, 1.54) is 39.4 Å². The minimum absolute atomic E-state index is 0.125. The fourth-order valence-electron chi connectivity index (χ4n) is 3.07. The molecule has 28 heavy (non-hydrogen) atoms. The minimum atomic E-state index is -0.566. The Labute approximate surface area is 164 Å². The van der Waals surface area contributed by atoms with Gasteiger partial charge in [-0.1, -0.05) is 6.07 Å². The fourth-order valence-corrected chi connectivity index (χ4v) is 4.89. The van der Waals surface area contributed by atoms with Crippen LogP contribution in [0.1, 0.15) is 15.5 Å². The molecule has 4 aromatic heterocycles. The van der Waals surface area contributed by atoms with Gasteiger partial charge in [0.05, 0.1) is 5.52 Å². The number of nitrogens with zero attached hydrogens (tertiary/aromatic N) is 4. The van der Waals surface area contributed by atoms with Crippen molar-refractivity contribution in [3.05, 3.63) is 62.6 Å². The van der Waals surface area contributed by atoms with Crippen molar-refractivity contribution in [3.8, 4) is 0 Å². The number of ether oxygens (including phenoxy) is 1. The Morgan fingerprint density at radius 3 is 2.96 bits per heavy atom. The molecule has 0 amide bonds. The molecule has 0 atom stereocenters. The Hall–Kier alpha value is -3.11. The van der Waals surface area contributed by atoms with Gasteiger partial charge in [0.2, 0.25) is 5.78 Å². The van der Waals surface area contributed by atoms with Crippen LogP contribution in [-0.4, -0.2) is 25.1 Å². The number of fused-ring (bicyclic) bond motifs is 4. The number of halogens is 1. The Kier molecular flexibility index (Phi) is 3.78. The third-order valence-electron chi connectivity index (χ3n) is 4.44. The van der Waals surface area contributed by atoms with Gasteiger partial charge in [-0.25, -0.2) is 9.18 Å². The van der Waals surface area contributed by atoms with Crippen molar-refractivity contribution < 1.29 is 13.9 Å². The highest BCUT2D eigenvalue weighted by atomic mass is 32.1. The minimum Gasteiger partial charge on any atom is -0.453 e. The summed E-state index contributed by atoms with van der Waals surface area (Å²) in [5, 5.41) is 10.3. The SMILES string of the molecule is Cn1c(=O)c2sccc2n2c(COC(=O)c3cc4c(F)cccc4s3)nnc12. The molecule has 0 N–H and O–H groups in total. The highest BCUT2D eigenvalue weighted by Crippen LogP contribution is 2.28. The standard InChI is InChI=1S/C18H11FN4O3S2/c1-22-16(24)15-11(5-6-27-15)23-14(20-21-18(22)23)8-26-17(25)13-7-9-10(19)3-2-4-12(9)28-13/h2-7H,8H2,1H3. The van der Waals surface area contributed by atoms with E-state index < -0.39 is 5.97 Å². The van der Waals surface area contributed by atoms with E-state index in [4.69, 9.17) is 4.74 Å². The van der Waals surface area contributed by atoms with Crippen LogP contribution in [0.5, 0.6) is 0 Å². The summed E-state index contributed by atoms with van der Waals surface area (Å²) in [6.45, 7) is -0.125. The highest BCUT2D eigenvalue weighted by molar-refractivity contribution is 7.20. The monoisotopic (exact) mass is 414 g/mol. The van der Waals surface area contributed by atoms with Crippen molar-refractivity contribution in [1.82, 2.24) is 19.2 Å². The first-order valence-corrected chi connectivity index (χ1v) is 9.89. The molecule has 0 saturated heterocycles. The summed E-state index contributed by atoms with van der Waals surface area (Å²) in [6, 6.07) is 7.99. The molecule has 10 heteroatoms. The van der Waals surface area contributed by atoms with Crippen LogP contribution in [-0.2, 0) is 18.4 Å². The zero-order valence-electron chi connectivity index (χ0n) is 14.4. The van der Waals surface area contributed by atoms with Crippen LogP contribution in [0.3, 0.4) is 0 Å². The maximum atomic E-state index is 13.8. The normalized spacial score (nSPS) is 11.6. The summed E-state index contributed by atoms with van der Waals surface area (Å²) in [4.78, 5) is 25.1. The maximum absolute atomic E-state index is 13.8. The van der Waals surface area contributed by atoms with E-state index in [0.29, 0.717) is 36.8 Å². The van der Waals surface area contributed by atoms with Gasteiger partial charge in [-0.3, -0.25) is 13.8 Å². The fraction of sp³-hybridized carbons (Fsp3) is 0.111. The molecule has 0 fully saturated rings. The lowest BCUT2D eigenvalue weighted by molar-refractivity contribution is 0.0467. The van der Waals surface area contributed by atoms with Crippen LogP contribution in [0.25, 0.3) is 26.1 Å². The van der Waals surface area contributed by atoms with Crippen LogP contribution in [0.2, 0.25) is 0 Å². The number of esters is 1. The van der Waals surface area contributed by atoms with Crippen molar-refractivity contribution in [2.24, 2.45) is 7.05 Å². The molecule has 140 valence electrons. The molecule has 0 radical (unpaired) electrons. The Balaban J connectivity index is 1.49. The third-order valence-corrected chi connectivity index (χ3v) is 6.41. The summed E-state index contributed by atoms with van der Waals surface area (Å²) < 4.78 is 23.6. The van der Waals surface area contributed by atoms with Crippen LogP contribution in [0, 0.1) is 5.82 Å². The first-order chi connectivity index (χ1) is 13.5. The molecule has 0 aliphatic heterocycles. The van der Waals surface area contributed by atoms with Gasteiger partial charge in [0.1, 0.15) is 15.4 Å². The largest absolute Gasteiger partial charge is 0.453 e. The summed E-state index contributed by atoms with van der Waals surface area (Å²) in [7, 11) is 1.62. The average Bonchev–Trinajstić information content (AvgIpc) is 3.41. The number of rotatable bonds is 3.